The molecule has 0 radical (unpaired) electrons. The molecule has 0 aliphatic rings. The molecule has 19 heavy (non-hydrogen) atoms. The first kappa shape index (κ1) is 13.7. The number of anilines is 1. The minimum absolute atomic E-state index is 0.0328. The Hall–Kier alpha value is -1.71. The molecule has 0 saturated carbocycles. The van der Waals surface area contributed by atoms with Crippen molar-refractivity contribution in [3.63, 3.8) is 0 Å². The van der Waals surface area contributed by atoms with E-state index in [2.05, 4.69) is 14.9 Å². The third-order valence-corrected chi connectivity index (χ3v) is 5.17. The summed E-state index contributed by atoms with van der Waals surface area (Å²) in [6, 6.07) is 5.56. The maximum Gasteiger partial charge on any atom is 0.272 e. The highest BCUT2D eigenvalue weighted by molar-refractivity contribution is 7.94. The van der Waals surface area contributed by atoms with Gasteiger partial charge in [-0.2, -0.15) is 5.10 Å². The van der Waals surface area contributed by atoms with Gasteiger partial charge in [0, 0.05) is 24.0 Å². The summed E-state index contributed by atoms with van der Waals surface area (Å²) in [4.78, 5) is 11.6. The van der Waals surface area contributed by atoms with Gasteiger partial charge in [0.2, 0.25) is 0 Å². The number of H-pyrrole nitrogens is 1. The second kappa shape index (κ2) is 5.51. The Morgan fingerprint density at radius 2 is 2.11 bits per heavy atom. The van der Waals surface area contributed by atoms with Crippen LogP contribution in [0.5, 0.6) is 0 Å². The number of hydrogen-bond donors (Lipinski definition) is 3. The van der Waals surface area contributed by atoms with Gasteiger partial charge in [0.05, 0.1) is 0 Å². The van der Waals surface area contributed by atoms with Crippen LogP contribution in [-0.2, 0) is 16.4 Å². The highest BCUT2D eigenvalue weighted by Crippen LogP contribution is 2.23. The Kier molecular flexibility index (Phi) is 3.98. The summed E-state index contributed by atoms with van der Waals surface area (Å²) in [6.07, 6.45) is 0.414. The highest BCUT2D eigenvalue weighted by atomic mass is 32.2. The first-order chi connectivity index (χ1) is 9.01. The molecule has 2 heterocycles. The lowest BCUT2D eigenvalue weighted by Gasteiger charge is -2.03. The maximum absolute atomic E-state index is 12.0. The highest BCUT2D eigenvalue weighted by Gasteiger charge is 2.17. The molecule has 0 atom stereocenters. The van der Waals surface area contributed by atoms with Crippen LogP contribution < -0.4 is 10.3 Å². The zero-order chi connectivity index (χ0) is 13.9. The number of thiophene rings is 1. The molecule has 0 spiro atoms. The summed E-state index contributed by atoms with van der Waals surface area (Å²) in [6.45, 7) is -0.0328. The summed E-state index contributed by atoms with van der Waals surface area (Å²) in [7, 11) is -3.72. The molecule has 0 unspecified atom stereocenters. The van der Waals surface area contributed by atoms with E-state index in [0.717, 1.165) is 16.2 Å². The molecule has 2 rings (SSSR count). The topological polar surface area (TPSA) is 112 Å². The van der Waals surface area contributed by atoms with Crippen LogP contribution in [0.15, 0.2) is 33.3 Å². The summed E-state index contributed by atoms with van der Waals surface area (Å²) in [5.74, 6) is 0.0386. The summed E-state index contributed by atoms with van der Waals surface area (Å²) >= 11 is 1.08. The normalized spacial score (nSPS) is 11.4. The minimum atomic E-state index is -3.72. The summed E-state index contributed by atoms with van der Waals surface area (Å²) in [5, 5.41) is 14.5. The van der Waals surface area contributed by atoms with Crippen LogP contribution in [0.25, 0.3) is 0 Å². The largest absolute Gasteiger partial charge is 0.396 e. The van der Waals surface area contributed by atoms with Crippen LogP contribution in [-0.4, -0.2) is 30.3 Å². The Morgan fingerprint density at radius 3 is 2.74 bits per heavy atom. The monoisotopic (exact) mass is 301 g/mol. The molecule has 102 valence electrons. The average molecular weight is 301 g/mol. The lowest BCUT2D eigenvalue weighted by atomic mass is 10.4. The van der Waals surface area contributed by atoms with Gasteiger partial charge in [0.25, 0.3) is 15.6 Å². The van der Waals surface area contributed by atoms with E-state index in [1.54, 1.807) is 6.07 Å². The van der Waals surface area contributed by atoms with E-state index in [4.69, 9.17) is 5.11 Å². The van der Waals surface area contributed by atoms with Crippen molar-refractivity contribution in [1.29, 1.82) is 0 Å². The van der Waals surface area contributed by atoms with Gasteiger partial charge in [-0.25, -0.2) is 13.5 Å². The van der Waals surface area contributed by atoms with Crippen molar-refractivity contribution in [3.8, 4) is 0 Å². The maximum atomic E-state index is 12.0. The van der Waals surface area contributed by atoms with E-state index >= 15 is 0 Å². The van der Waals surface area contributed by atoms with Crippen molar-refractivity contribution < 1.29 is 13.5 Å². The Labute approximate surface area is 113 Å². The van der Waals surface area contributed by atoms with Gasteiger partial charge in [0.15, 0.2) is 5.82 Å². The smallest absolute Gasteiger partial charge is 0.272 e. The van der Waals surface area contributed by atoms with Crippen molar-refractivity contribution in [2.75, 3.05) is 11.3 Å². The van der Waals surface area contributed by atoms with E-state index in [1.807, 2.05) is 0 Å². The molecule has 0 aliphatic carbocycles. The van der Waals surface area contributed by atoms with Crippen LogP contribution in [0.3, 0.4) is 0 Å². The van der Waals surface area contributed by atoms with Gasteiger partial charge in [-0.15, -0.1) is 11.3 Å². The van der Waals surface area contributed by atoms with Gasteiger partial charge in [-0.1, -0.05) is 0 Å². The number of aliphatic hydroxyl groups excluding tert-OH is 1. The second-order valence-corrected chi connectivity index (χ2v) is 6.68. The fraction of sp³-hybridized carbons (Fsp3) is 0.200. The fourth-order valence-corrected chi connectivity index (χ4v) is 3.68. The van der Waals surface area contributed by atoms with Crippen LogP contribution in [0.1, 0.15) is 4.88 Å². The summed E-state index contributed by atoms with van der Waals surface area (Å²) in [5.41, 5.74) is -0.413. The van der Waals surface area contributed by atoms with Crippen molar-refractivity contribution in [1.82, 2.24) is 10.2 Å². The van der Waals surface area contributed by atoms with Crippen molar-refractivity contribution in [2.45, 2.75) is 10.6 Å². The second-order valence-electron chi connectivity index (χ2n) is 3.61. The quantitative estimate of drug-likeness (QED) is 0.728. The van der Waals surface area contributed by atoms with Gasteiger partial charge in [0.1, 0.15) is 4.21 Å². The Morgan fingerprint density at radius 1 is 1.32 bits per heavy atom. The molecule has 0 amide bonds. The molecule has 2 aromatic heterocycles. The van der Waals surface area contributed by atoms with E-state index in [-0.39, 0.29) is 16.6 Å². The molecule has 0 saturated heterocycles. The van der Waals surface area contributed by atoms with Crippen LogP contribution in [0.4, 0.5) is 5.82 Å². The van der Waals surface area contributed by atoms with Gasteiger partial charge < -0.3 is 5.11 Å². The number of nitrogens with zero attached hydrogens (tertiary/aromatic N) is 1. The van der Waals surface area contributed by atoms with Crippen LogP contribution >= 0.6 is 11.3 Å². The molecule has 0 aliphatic heterocycles. The van der Waals surface area contributed by atoms with Crippen LogP contribution in [0, 0.1) is 0 Å². The van der Waals surface area contributed by atoms with Crippen molar-refractivity contribution in [2.24, 2.45) is 0 Å². The van der Waals surface area contributed by atoms with Crippen molar-refractivity contribution in [3.05, 3.63) is 39.5 Å². The molecule has 0 aromatic carbocycles. The lowest BCUT2D eigenvalue weighted by molar-refractivity contribution is 0.300. The Balaban J connectivity index is 2.21. The van der Waals surface area contributed by atoms with Crippen LogP contribution in [0.2, 0.25) is 0 Å². The number of hydrogen-bond acceptors (Lipinski definition) is 6. The number of aromatic amines is 1. The number of aliphatic hydroxyl groups is 1. The first-order valence-electron chi connectivity index (χ1n) is 5.29. The van der Waals surface area contributed by atoms with Gasteiger partial charge in [-0.3, -0.25) is 9.52 Å². The van der Waals surface area contributed by atoms with Gasteiger partial charge in [-0.05, 0) is 18.2 Å². The number of nitrogens with one attached hydrogen (secondary N) is 2. The molecular weight excluding hydrogens is 290 g/mol. The summed E-state index contributed by atoms with van der Waals surface area (Å²) < 4.78 is 26.4. The van der Waals surface area contributed by atoms with E-state index < -0.39 is 15.6 Å². The molecular formula is C10H11N3O4S2. The zero-order valence-corrected chi connectivity index (χ0v) is 11.3. The Bertz CT molecular complexity index is 700. The van der Waals surface area contributed by atoms with Crippen molar-refractivity contribution >= 4 is 27.2 Å². The third kappa shape index (κ3) is 3.40. The molecule has 0 bridgehead atoms. The lowest BCUT2D eigenvalue weighted by Crippen LogP contribution is -2.15. The molecule has 7 nitrogen and oxygen atoms in total. The predicted molar refractivity (Wildman–Crippen MR) is 70.8 cm³/mol. The van der Waals surface area contributed by atoms with E-state index in [0.29, 0.717) is 6.42 Å². The number of aromatic nitrogens is 2. The number of rotatable bonds is 5. The zero-order valence-electron chi connectivity index (χ0n) is 9.66. The molecule has 9 heteroatoms. The SMILES string of the molecule is O=c1ccc(NS(=O)(=O)c2ccc(CCO)s2)n[nH]1. The minimum Gasteiger partial charge on any atom is -0.396 e. The standard InChI is InChI=1S/C10H11N3O4S2/c14-6-5-7-1-4-10(18-7)19(16,17)13-8-2-3-9(15)12-11-8/h1-4,14H,5-6H2,(H,11,13)(H,12,15). The third-order valence-electron chi connectivity index (χ3n) is 2.18. The van der Waals surface area contributed by atoms with E-state index in [1.165, 1.54) is 18.2 Å². The number of sulfonamides is 1. The molecule has 3 N–H and O–H groups in total. The van der Waals surface area contributed by atoms with Gasteiger partial charge >= 0.3 is 0 Å². The molecule has 2 aromatic rings. The predicted octanol–water partition coefficient (Wildman–Crippen LogP) is 0.167. The first-order valence-corrected chi connectivity index (χ1v) is 7.59. The van der Waals surface area contributed by atoms with E-state index in [9.17, 15) is 13.2 Å². The average Bonchev–Trinajstić information content (AvgIpc) is 2.82. The fourth-order valence-electron chi connectivity index (χ4n) is 1.34. The molecule has 0 fully saturated rings.